The van der Waals surface area contributed by atoms with Crippen LogP contribution in [0.25, 0.3) is 0 Å². The van der Waals surface area contributed by atoms with Crippen LogP contribution in [0.1, 0.15) is 36.5 Å². The zero-order valence-corrected chi connectivity index (χ0v) is 20.6. The Morgan fingerprint density at radius 1 is 1.14 bits per heavy atom. The zero-order chi connectivity index (χ0) is 26.0. The second kappa shape index (κ2) is 8.65. The van der Waals surface area contributed by atoms with Crippen LogP contribution in [0.3, 0.4) is 0 Å². The largest absolute Gasteiger partial charge is 0.440 e. The minimum absolute atomic E-state index is 0.0694. The van der Waals surface area contributed by atoms with Crippen LogP contribution >= 0.6 is 11.6 Å². The number of nitrogens with one attached hydrogen (secondary N) is 2. The molecule has 2 bridgehead atoms. The fourth-order valence-corrected chi connectivity index (χ4v) is 8.41. The standard InChI is InChI=1S/C24H22ClF3N2O5S/c1-11-4-13-6-15(9-16(11)24(13)10-29-23(32)35-24)36(33,34)20-5-12(2-3-17(20)25)22(31)30-14-7-18(26)21(28)19(27)8-14/h2-3,5,7-8,11,13,15-16H,4,6,9-10H2,1H3,(H,29,32)(H,30,31)/t11-,13?,15+,16+,24+/m0/s1. The Morgan fingerprint density at radius 2 is 1.83 bits per heavy atom. The number of halogens is 4. The first kappa shape index (κ1) is 24.9. The van der Waals surface area contributed by atoms with Crippen molar-refractivity contribution in [1.29, 1.82) is 0 Å². The smallest absolute Gasteiger partial charge is 0.407 e. The maximum atomic E-state index is 13.7. The maximum Gasteiger partial charge on any atom is 0.407 e. The molecule has 2 saturated carbocycles. The summed E-state index contributed by atoms with van der Waals surface area (Å²) >= 11 is 6.25. The van der Waals surface area contributed by atoms with E-state index in [4.69, 9.17) is 16.3 Å². The average molecular weight is 543 g/mol. The van der Waals surface area contributed by atoms with Gasteiger partial charge in [-0.05, 0) is 43.4 Å². The monoisotopic (exact) mass is 542 g/mol. The van der Waals surface area contributed by atoms with E-state index in [1.165, 1.54) is 12.1 Å². The Kier molecular flexibility index (Phi) is 5.98. The van der Waals surface area contributed by atoms with Crippen molar-refractivity contribution < 1.29 is 35.9 Å². The van der Waals surface area contributed by atoms with Crippen molar-refractivity contribution in [2.24, 2.45) is 17.8 Å². The Labute approximate surface area is 210 Å². The summed E-state index contributed by atoms with van der Waals surface area (Å²) in [6, 6.07) is 4.89. The van der Waals surface area contributed by atoms with Gasteiger partial charge in [0.25, 0.3) is 5.91 Å². The highest BCUT2D eigenvalue weighted by molar-refractivity contribution is 7.92. The molecule has 2 amide bonds. The van der Waals surface area contributed by atoms with Crippen molar-refractivity contribution in [3.05, 3.63) is 58.4 Å². The summed E-state index contributed by atoms with van der Waals surface area (Å²) in [6.07, 6.45) is 0.782. The number of rotatable bonds is 4. The van der Waals surface area contributed by atoms with Gasteiger partial charge in [-0.3, -0.25) is 4.79 Å². The molecule has 1 spiro atoms. The van der Waals surface area contributed by atoms with Crippen LogP contribution in [0.2, 0.25) is 5.02 Å². The van der Waals surface area contributed by atoms with Gasteiger partial charge < -0.3 is 15.4 Å². The minimum atomic E-state index is -3.99. The predicted octanol–water partition coefficient (Wildman–Crippen LogP) is 4.70. The highest BCUT2D eigenvalue weighted by Crippen LogP contribution is 2.57. The highest BCUT2D eigenvalue weighted by atomic mass is 35.5. The van der Waals surface area contributed by atoms with Crippen LogP contribution < -0.4 is 10.6 Å². The third-order valence-corrected chi connectivity index (χ3v) is 10.4. The predicted molar refractivity (Wildman–Crippen MR) is 124 cm³/mol. The van der Waals surface area contributed by atoms with Crippen LogP contribution in [0.4, 0.5) is 23.7 Å². The topological polar surface area (TPSA) is 102 Å². The number of carbonyl (C=O) groups excluding carboxylic acids is 2. The minimum Gasteiger partial charge on any atom is -0.440 e. The van der Waals surface area contributed by atoms with E-state index >= 15 is 0 Å². The number of hydrogen-bond acceptors (Lipinski definition) is 5. The number of hydrogen-bond donors (Lipinski definition) is 2. The van der Waals surface area contributed by atoms with Gasteiger partial charge in [-0.2, -0.15) is 0 Å². The second-order valence-electron chi connectivity index (χ2n) is 9.71. The number of alkyl carbamates (subject to hydrolysis) is 1. The van der Waals surface area contributed by atoms with Crippen molar-refractivity contribution in [3.63, 3.8) is 0 Å². The highest BCUT2D eigenvalue weighted by Gasteiger charge is 2.63. The van der Waals surface area contributed by atoms with Crippen molar-refractivity contribution in [2.75, 3.05) is 11.9 Å². The molecular formula is C24H22ClF3N2O5S. The molecule has 12 heteroatoms. The van der Waals surface area contributed by atoms with Gasteiger partial charge in [0.1, 0.15) is 5.60 Å². The maximum absolute atomic E-state index is 13.7. The molecule has 3 aliphatic rings. The van der Waals surface area contributed by atoms with E-state index in [0.717, 1.165) is 12.5 Å². The lowest BCUT2D eigenvalue weighted by molar-refractivity contribution is -0.0364. The molecule has 1 heterocycles. The first-order chi connectivity index (χ1) is 16.9. The third kappa shape index (κ3) is 3.92. The number of anilines is 1. The van der Waals surface area contributed by atoms with Gasteiger partial charge in [0.2, 0.25) is 0 Å². The molecule has 2 aliphatic carbocycles. The number of carbonyl (C=O) groups is 2. The Hall–Kier alpha value is -2.79. The first-order valence-corrected chi connectivity index (χ1v) is 13.3. The molecule has 2 N–H and O–H groups in total. The van der Waals surface area contributed by atoms with Gasteiger partial charge in [0.15, 0.2) is 27.3 Å². The molecule has 192 valence electrons. The van der Waals surface area contributed by atoms with Crippen molar-refractivity contribution >= 4 is 39.1 Å². The van der Waals surface area contributed by atoms with E-state index in [1.54, 1.807) is 0 Å². The lowest BCUT2D eigenvalue weighted by atomic mass is 9.73. The number of ether oxygens (including phenoxy) is 1. The second-order valence-corrected chi connectivity index (χ2v) is 12.3. The zero-order valence-electron chi connectivity index (χ0n) is 19.0. The summed E-state index contributed by atoms with van der Waals surface area (Å²) in [5.41, 5.74) is -1.16. The van der Waals surface area contributed by atoms with Gasteiger partial charge in [0.05, 0.1) is 21.7 Å². The molecule has 0 radical (unpaired) electrons. The van der Waals surface area contributed by atoms with Crippen molar-refractivity contribution in [2.45, 2.75) is 41.9 Å². The molecule has 5 atom stereocenters. The number of amides is 2. The lowest BCUT2D eigenvalue weighted by Gasteiger charge is -2.42. The summed E-state index contributed by atoms with van der Waals surface area (Å²) < 4.78 is 73.2. The molecule has 1 aliphatic heterocycles. The first-order valence-electron chi connectivity index (χ1n) is 11.4. The third-order valence-electron chi connectivity index (χ3n) is 7.70. The Bertz CT molecular complexity index is 1360. The van der Waals surface area contributed by atoms with Gasteiger partial charge >= 0.3 is 6.09 Å². The van der Waals surface area contributed by atoms with Crippen LogP contribution in [0.15, 0.2) is 35.2 Å². The SMILES string of the molecule is C[C@H]1CC2C[C@@H](S(=O)(=O)c3cc(C(=O)Nc4cc(F)c(F)c(F)c4)ccc3Cl)C[C@H]1[C@@]21CNC(=O)O1. The van der Waals surface area contributed by atoms with Crippen molar-refractivity contribution in [3.8, 4) is 0 Å². The normalized spacial score (nSPS) is 29.2. The Balaban J connectivity index is 1.41. The fraction of sp³-hybridized carbons (Fsp3) is 0.417. The van der Waals surface area contributed by atoms with Crippen molar-refractivity contribution in [1.82, 2.24) is 5.32 Å². The summed E-state index contributed by atoms with van der Waals surface area (Å²) in [5, 5.41) is 4.07. The summed E-state index contributed by atoms with van der Waals surface area (Å²) in [4.78, 5) is 24.3. The van der Waals surface area contributed by atoms with E-state index in [9.17, 15) is 31.2 Å². The average Bonchev–Trinajstić information content (AvgIpc) is 3.23. The van der Waals surface area contributed by atoms with Gasteiger partial charge in [0, 0.05) is 35.2 Å². The molecule has 36 heavy (non-hydrogen) atoms. The molecular weight excluding hydrogens is 521 g/mol. The molecule has 2 aromatic rings. The van der Waals surface area contributed by atoms with Crippen LogP contribution in [0.5, 0.6) is 0 Å². The van der Waals surface area contributed by atoms with Gasteiger partial charge in [-0.25, -0.2) is 26.4 Å². The number of benzene rings is 2. The quantitative estimate of drug-likeness (QED) is 0.546. The van der Waals surface area contributed by atoms with E-state index in [2.05, 4.69) is 10.6 Å². The molecule has 5 rings (SSSR count). The summed E-state index contributed by atoms with van der Waals surface area (Å²) in [7, 11) is -3.99. The lowest BCUT2D eigenvalue weighted by Crippen LogP contribution is -2.51. The van der Waals surface area contributed by atoms with E-state index in [0.29, 0.717) is 18.7 Å². The van der Waals surface area contributed by atoms with E-state index in [1.807, 2.05) is 6.92 Å². The molecule has 1 unspecified atom stereocenters. The molecule has 0 aromatic heterocycles. The number of sulfone groups is 1. The van der Waals surface area contributed by atoms with Gasteiger partial charge in [-0.1, -0.05) is 18.5 Å². The molecule has 2 aromatic carbocycles. The summed E-state index contributed by atoms with van der Waals surface area (Å²) in [6.45, 7) is 2.37. The van der Waals surface area contributed by atoms with Crippen LogP contribution in [-0.4, -0.2) is 37.8 Å². The van der Waals surface area contributed by atoms with E-state index < -0.39 is 50.1 Å². The molecule has 7 nitrogen and oxygen atoms in total. The van der Waals surface area contributed by atoms with Crippen LogP contribution in [-0.2, 0) is 14.6 Å². The van der Waals surface area contributed by atoms with Gasteiger partial charge in [-0.15, -0.1) is 0 Å². The van der Waals surface area contributed by atoms with Crippen LogP contribution in [0, 0.1) is 35.2 Å². The van der Waals surface area contributed by atoms with E-state index in [-0.39, 0.29) is 51.8 Å². The summed E-state index contributed by atoms with van der Waals surface area (Å²) in [5.74, 6) is -5.62. The Morgan fingerprint density at radius 3 is 2.44 bits per heavy atom. The fourth-order valence-electron chi connectivity index (χ4n) is 6.04. The molecule has 1 saturated heterocycles. The molecule has 3 fully saturated rings.